The van der Waals surface area contributed by atoms with Gasteiger partial charge >= 0.3 is 0 Å². The Kier molecular flexibility index (Phi) is 2.37. The second-order valence-electron chi connectivity index (χ2n) is 2.13. The molecule has 12 heavy (non-hydrogen) atoms. The summed E-state index contributed by atoms with van der Waals surface area (Å²) in [7, 11) is 0. The van der Waals surface area contributed by atoms with Gasteiger partial charge in [0.05, 0.1) is 16.1 Å². The van der Waals surface area contributed by atoms with Crippen LogP contribution in [-0.4, -0.2) is 15.2 Å². The topological polar surface area (TPSA) is 38.7 Å². The minimum atomic E-state index is 0.968. The number of nitrogens with zero attached hydrogens (tertiary/aromatic N) is 3. The second kappa shape index (κ2) is 3.35. The summed E-state index contributed by atoms with van der Waals surface area (Å²) >= 11 is 5.37. The summed E-state index contributed by atoms with van der Waals surface area (Å²) in [5.41, 5.74) is 2.87. The number of aryl methyl sites for hydroxylation is 1. The van der Waals surface area contributed by atoms with E-state index in [-0.39, 0.29) is 0 Å². The normalized spacial score (nSPS) is 10.5. The predicted molar refractivity (Wildman–Crippen MR) is 58.5 cm³/mol. The van der Waals surface area contributed by atoms with Gasteiger partial charge in [0.2, 0.25) is 0 Å². The molecule has 0 N–H and O–H groups in total. The van der Waals surface area contributed by atoms with Crippen LogP contribution in [0.3, 0.4) is 0 Å². The maximum atomic E-state index is 4.16. The third kappa shape index (κ3) is 1.50. The molecule has 2 rings (SSSR count). The van der Waals surface area contributed by atoms with E-state index in [1.807, 2.05) is 12.4 Å². The Hall–Kier alpha value is -0.0800. The number of rotatable bonds is 1. The summed E-state index contributed by atoms with van der Waals surface area (Å²) in [5.74, 6) is 0. The summed E-state index contributed by atoms with van der Waals surface area (Å²) in [6.45, 7) is 1.99. The zero-order valence-electron chi connectivity index (χ0n) is 6.11. The average molecular weight is 309 g/mol. The highest BCUT2D eigenvalue weighted by atomic mass is 127. The number of halogens is 1. The van der Waals surface area contributed by atoms with Gasteiger partial charge in [-0.25, -0.2) is 4.98 Å². The molecule has 0 spiro atoms. The second-order valence-corrected chi connectivity index (χ2v) is 5.71. The molecule has 6 heteroatoms. The molecule has 0 unspecified atom stereocenters. The molecule has 0 saturated carbocycles. The molecule has 0 aliphatic heterocycles. The van der Waals surface area contributed by atoms with E-state index in [4.69, 9.17) is 0 Å². The molecule has 0 bridgehead atoms. The van der Waals surface area contributed by atoms with Crippen LogP contribution in [0.5, 0.6) is 0 Å². The molecule has 0 radical (unpaired) electrons. The first-order chi connectivity index (χ1) is 5.77. The van der Waals surface area contributed by atoms with Gasteiger partial charge < -0.3 is 0 Å². The van der Waals surface area contributed by atoms with Crippen molar-refractivity contribution in [1.29, 1.82) is 0 Å². The summed E-state index contributed by atoms with van der Waals surface area (Å²) in [6.07, 6.45) is 0. The van der Waals surface area contributed by atoms with Gasteiger partial charge in [-0.2, -0.15) is 0 Å². The van der Waals surface area contributed by atoms with E-state index >= 15 is 0 Å². The lowest BCUT2D eigenvalue weighted by atomic mass is 10.4. The van der Waals surface area contributed by atoms with Crippen molar-refractivity contribution in [3.63, 3.8) is 0 Å². The van der Waals surface area contributed by atoms with Gasteiger partial charge in [0.1, 0.15) is 0 Å². The third-order valence-corrected chi connectivity index (χ3v) is 4.01. The van der Waals surface area contributed by atoms with E-state index in [1.165, 1.54) is 0 Å². The highest BCUT2D eigenvalue weighted by Crippen LogP contribution is 2.29. The van der Waals surface area contributed by atoms with Crippen LogP contribution >= 0.6 is 45.3 Å². The van der Waals surface area contributed by atoms with Crippen molar-refractivity contribution in [2.24, 2.45) is 0 Å². The van der Waals surface area contributed by atoms with Crippen LogP contribution in [0.2, 0.25) is 0 Å². The van der Waals surface area contributed by atoms with Crippen molar-refractivity contribution in [1.82, 2.24) is 15.2 Å². The fourth-order valence-electron chi connectivity index (χ4n) is 0.804. The van der Waals surface area contributed by atoms with Crippen LogP contribution < -0.4 is 0 Å². The summed E-state index contributed by atoms with van der Waals surface area (Å²) in [4.78, 5) is 5.29. The largest absolute Gasteiger partial charge is 0.249 e. The predicted octanol–water partition coefficient (Wildman–Crippen LogP) is 2.57. The number of hydrogen-bond donors (Lipinski definition) is 0. The maximum absolute atomic E-state index is 4.16. The number of aromatic nitrogens is 3. The molecule has 0 fully saturated rings. The molecule has 0 atom stereocenters. The molecule has 0 aliphatic rings. The van der Waals surface area contributed by atoms with Crippen molar-refractivity contribution >= 4 is 45.3 Å². The first kappa shape index (κ1) is 8.52. The quantitative estimate of drug-likeness (QED) is 0.760. The van der Waals surface area contributed by atoms with Crippen LogP contribution in [0.4, 0.5) is 0 Å². The first-order valence-corrected chi connectivity index (χ1v) is 5.94. The molecule has 62 valence electrons. The Labute approximate surface area is 91.0 Å². The van der Waals surface area contributed by atoms with E-state index in [0.29, 0.717) is 0 Å². The Morgan fingerprint density at radius 2 is 2.25 bits per heavy atom. The van der Waals surface area contributed by atoms with Crippen LogP contribution in [0.25, 0.3) is 9.88 Å². The lowest BCUT2D eigenvalue weighted by Gasteiger charge is -1.87. The zero-order chi connectivity index (χ0) is 8.55. The third-order valence-electron chi connectivity index (χ3n) is 1.34. The monoisotopic (exact) mass is 309 g/mol. The molecule has 0 amide bonds. The smallest absolute Gasteiger partial charge is 0.178 e. The molecular formula is C6H4IN3S2. The molecule has 2 heterocycles. The van der Waals surface area contributed by atoms with Gasteiger partial charge in [-0.15, -0.1) is 21.5 Å². The van der Waals surface area contributed by atoms with Crippen LogP contribution in [-0.2, 0) is 0 Å². The maximum Gasteiger partial charge on any atom is 0.178 e. The van der Waals surface area contributed by atoms with Gasteiger partial charge in [0, 0.05) is 0 Å². The molecule has 0 aromatic carbocycles. The van der Waals surface area contributed by atoms with Gasteiger partial charge in [-0.3, -0.25) is 0 Å². The molecule has 2 aromatic heterocycles. The molecule has 0 saturated heterocycles. The van der Waals surface area contributed by atoms with Gasteiger partial charge in [0.15, 0.2) is 8.02 Å². The zero-order valence-corrected chi connectivity index (χ0v) is 9.90. The van der Waals surface area contributed by atoms with Gasteiger partial charge in [-0.1, -0.05) is 11.3 Å². The first-order valence-electron chi connectivity index (χ1n) is 3.17. The Balaban J connectivity index is 2.50. The lowest BCUT2D eigenvalue weighted by Crippen LogP contribution is -1.76. The fourth-order valence-corrected chi connectivity index (χ4v) is 3.05. The SMILES string of the molecule is Cc1ncsc1-c1nnc(I)s1. The van der Waals surface area contributed by atoms with Crippen molar-refractivity contribution in [2.75, 3.05) is 0 Å². The van der Waals surface area contributed by atoms with Crippen LogP contribution in [0, 0.1) is 9.94 Å². The minimum absolute atomic E-state index is 0.968. The molecule has 2 aromatic rings. The van der Waals surface area contributed by atoms with Crippen LogP contribution in [0.15, 0.2) is 5.51 Å². The van der Waals surface area contributed by atoms with E-state index in [1.54, 1.807) is 22.7 Å². The summed E-state index contributed by atoms with van der Waals surface area (Å²) in [5, 5.41) is 8.97. The Morgan fingerprint density at radius 1 is 1.42 bits per heavy atom. The van der Waals surface area contributed by atoms with Crippen molar-refractivity contribution < 1.29 is 0 Å². The van der Waals surface area contributed by atoms with E-state index in [2.05, 4.69) is 37.8 Å². The molecular weight excluding hydrogens is 305 g/mol. The van der Waals surface area contributed by atoms with Crippen molar-refractivity contribution in [2.45, 2.75) is 6.92 Å². The minimum Gasteiger partial charge on any atom is -0.249 e. The van der Waals surface area contributed by atoms with Gasteiger partial charge in [-0.05, 0) is 29.5 Å². The standard InChI is InChI=1S/C6H4IN3S2/c1-3-4(11-2-8-3)5-9-10-6(7)12-5/h2H,1H3. The number of thiazole rings is 1. The highest BCUT2D eigenvalue weighted by molar-refractivity contribution is 14.1. The van der Waals surface area contributed by atoms with E-state index < -0.39 is 0 Å². The highest BCUT2D eigenvalue weighted by Gasteiger charge is 2.09. The van der Waals surface area contributed by atoms with Crippen molar-refractivity contribution in [3.05, 3.63) is 14.2 Å². The van der Waals surface area contributed by atoms with Crippen LogP contribution in [0.1, 0.15) is 5.69 Å². The molecule has 0 aliphatic carbocycles. The Bertz CT molecular complexity index is 395. The Morgan fingerprint density at radius 3 is 2.75 bits per heavy atom. The average Bonchev–Trinajstić information content (AvgIpc) is 2.58. The summed E-state index contributed by atoms with van der Waals surface area (Å²) in [6, 6.07) is 0. The van der Waals surface area contributed by atoms with Gasteiger partial charge in [0.25, 0.3) is 0 Å². The molecule has 3 nitrogen and oxygen atoms in total. The van der Waals surface area contributed by atoms with Crippen molar-refractivity contribution in [3.8, 4) is 9.88 Å². The van der Waals surface area contributed by atoms with E-state index in [0.717, 1.165) is 18.6 Å². The fraction of sp³-hybridized carbons (Fsp3) is 0.167. The number of hydrogen-bond acceptors (Lipinski definition) is 5. The summed E-state index contributed by atoms with van der Waals surface area (Å²) < 4.78 is 0.968. The lowest BCUT2D eigenvalue weighted by molar-refractivity contribution is 1.07. The van der Waals surface area contributed by atoms with E-state index in [9.17, 15) is 0 Å².